The number of nitriles is 1. The van der Waals surface area contributed by atoms with Crippen LogP contribution in [-0.2, 0) is 11.3 Å². The summed E-state index contributed by atoms with van der Waals surface area (Å²) in [6, 6.07) is 11.3. The summed E-state index contributed by atoms with van der Waals surface area (Å²) in [4.78, 5) is 18.7. The molecule has 3 rings (SSSR count). The van der Waals surface area contributed by atoms with Crippen molar-refractivity contribution < 1.29 is 14.3 Å². The molecule has 0 saturated carbocycles. The van der Waals surface area contributed by atoms with Gasteiger partial charge in [-0.05, 0) is 23.8 Å². The first-order valence-corrected chi connectivity index (χ1v) is 8.57. The Bertz CT molecular complexity index is 855. The van der Waals surface area contributed by atoms with Gasteiger partial charge in [-0.2, -0.15) is 5.26 Å². The second-order valence-electron chi connectivity index (χ2n) is 6.04. The molecule has 140 valence electrons. The van der Waals surface area contributed by atoms with Gasteiger partial charge in [0.25, 0.3) is 5.91 Å². The number of rotatable bonds is 5. The number of carbonyl (C=O) groups is 1. The average molecular weight is 367 g/mol. The van der Waals surface area contributed by atoms with E-state index in [1.165, 1.54) is 13.2 Å². The van der Waals surface area contributed by atoms with Crippen molar-refractivity contribution >= 4 is 17.3 Å². The highest BCUT2D eigenvalue weighted by Crippen LogP contribution is 2.22. The van der Waals surface area contributed by atoms with Crippen LogP contribution in [0.15, 0.2) is 30.3 Å². The largest absolute Gasteiger partial charge is 0.480 e. The lowest BCUT2D eigenvalue weighted by Crippen LogP contribution is -2.36. The lowest BCUT2D eigenvalue weighted by molar-refractivity contribution is 0.0945. The van der Waals surface area contributed by atoms with Crippen LogP contribution in [-0.4, -0.2) is 44.3 Å². The SMILES string of the molecule is COc1nc(C(=O)NCc2ccc(N3CCOCC3)cc2)cc(N)c1C#N. The number of morpholine rings is 1. The molecule has 1 aromatic carbocycles. The van der Waals surface area contributed by atoms with E-state index in [1.54, 1.807) is 0 Å². The van der Waals surface area contributed by atoms with Crippen LogP contribution in [0.5, 0.6) is 5.88 Å². The number of pyridine rings is 1. The van der Waals surface area contributed by atoms with Gasteiger partial charge in [0, 0.05) is 25.3 Å². The molecule has 1 amide bonds. The molecule has 0 aliphatic carbocycles. The third-order valence-corrected chi connectivity index (χ3v) is 4.32. The lowest BCUT2D eigenvalue weighted by Gasteiger charge is -2.28. The fourth-order valence-corrected chi connectivity index (χ4v) is 2.84. The number of benzene rings is 1. The Morgan fingerprint density at radius 1 is 1.37 bits per heavy atom. The molecule has 8 nitrogen and oxygen atoms in total. The molecule has 1 saturated heterocycles. The lowest BCUT2D eigenvalue weighted by atomic mass is 10.1. The molecule has 0 bridgehead atoms. The summed E-state index contributed by atoms with van der Waals surface area (Å²) in [7, 11) is 1.38. The maximum atomic E-state index is 12.4. The van der Waals surface area contributed by atoms with Crippen molar-refractivity contribution in [3.8, 4) is 11.9 Å². The minimum absolute atomic E-state index is 0.0394. The van der Waals surface area contributed by atoms with Crippen LogP contribution in [0.2, 0.25) is 0 Å². The second-order valence-corrected chi connectivity index (χ2v) is 6.04. The summed E-state index contributed by atoms with van der Waals surface area (Å²) in [6.07, 6.45) is 0. The summed E-state index contributed by atoms with van der Waals surface area (Å²) in [5.41, 5.74) is 8.29. The summed E-state index contributed by atoms with van der Waals surface area (Å²) >= 11 is 0. The van der Waals surface area contributed by atoms with Gasteiger partial charge >= 0.3 is 0 Å². The van der Waals surface area contributed by atoms with Crippen molar-refractivity contribution in [1.82, 2.24) is 10.3 Å². The van der Waals surface area contributed by atoms with E-state index in [9.17, 15) is 4.79 Å². The third kappa shape index (κ3) is 4.27. The highest BCUT2D eigenvalue weighted by atomic mass is 16.5. The summed E-state index contributed by atoms with van der Waals surface area (Å²) in [6.45, 7) is 3.59. The number of nitrogen functional groups attached to an aromatic ring is 1. The number of nitrogens with zero attached hydrogens (tertiary/aromatic N) is 3. The fourth-order valence-electron chi connectivity index (χ4n) is 2.84. The van der Waals surface area contributed by atoms with E-state index < -0.39 is 0 Å². The smallest absolute Gasteiger partial charge is 0.270 e. The Balaban J connectivity index is 1.64. The molecule has 27 heavy (non-hydrogen) atoms. The van der Waals surface area contributed by atoms with Crippen molar-refractivity contribution in [3.63, 3.8) is 0 Å². The van der Waals surface area contributed by atoms with E-state index in [2.05, 4.69) is 15.2 Å². The molecule has 1 fully saturated rings. The van der Waals surface area contributed by atoms with E-state index in [1.807, 2.05) is 30.3 Å². The molecule has 2 heterocycles. The number of anilines is 2. The van der Waals surface area contributed by atoms with Gasteiger partial charge in [0.15, 0.2) is 0 Å². The standard InChI is InChI=1S/C19H21N5O3/c1-26-19-15(11-20)16(21)10-17(23-19)18(25)22-12-13-2-4-14(5-3-13)24-6-8-27-9-7-24/h2-5,10H,6-9,12H2,1H3,(H2,21,23)(H,22,25). The fraction of sp³-hybridized carbons (Fsp3) is 0.316. The van der Waals surface area contributed by atoms with Gasteiger partial charge in [0.05, 0.1) is 26.0 Å². The van der Waals surface area contributed by atoms with Crippen LogP contribution in [0.4, 0.5) is 11.4 Å². The maximum absolute atomic E-state index is 12.4. The zero-order chi connectivity index (χ0) is 19.2. The van der Waals surface area contributed by atoms with Gasteiger partial charge in [-0.3, -0.25) is 4.79 Å². The number of hydrogen-bond acceptors (Lipinski definition) is 7. The zero-order valence-electron chi connectivity index (χ0n) is 15.1. The van der Waals surface area contributed by atoms with Crippen molar-refractivity contribution in [2.75, 3.05) is 44.0 Å². The Labute approximate surface area is 157 Å². The Kier molecular flexibility index (Phi) is 5.74. The maximum Gasteiger partial charge on any atom is 0.270 e. The van der Waals surface area contributed by atoms with E-state index in [0.717, 1.165) is 37.6 Å². The van der Waals surface area contributed by atoms with Gasteiger partial charge in [-0.1, -0.05) is 12.1 Å². The van der Waals surface area contributed by atoms with Crippen LogP contribution in [0.3, 0.4) is 0 Å². The highest BCUT2D eigenvalue weighted by Gasteiger charge is 2.16. The normalized spacial score (nSPS) is 13.7. The van der Waals surface area contributed by atoms with E-state index in [-0.39, 0.29) is 28.7 Å². The number of aromatic nitrogens is 1. The number of amides is 1. The first-order valence-electron chi connectivity index (χ1n) is 8.57. The Morgan fingerprint density at radius 2 is 2.07 bits per heavy atom. The van der Waals surface area contributed by atoms with E-state index >= 15 is 0 Å². The van der Waals surface area contributed by atoms with Gasteiger partial charge in [-0.15, -0.1) is 0 Å². The van der Waals surface area contributed by atoms with Crippen LogP contribution in [0.1, 0.15) is 21.6 Å². The zero-order valence-corrected chi connectivity index (χ0v) is 15.1. The predicted octanol–water partition coefficient (Wildman–Crippen LogP) is 1.31. The number of carbonyl (C=O) groups excluding carboxylic acids is 1. The van der Waals surface area contributed by atoms with E-state index in [0.29, 0.717) is 6.54 Å². The van der Waals surface area contributed by atoms with Crippen molar-refractivity contribution in [2.24, 2.45) is 0 Å². The van der Waals surface area contributed by atoms with Gasteiger partial charge in [-0.25, -0.2) is 4.98 Å². The predicted molar refractivity (Wildman–Crippen MR) is 101 cm³/mol. The third-order valence-electron chi connectivity index (χ3n) is 4.32. The molecule has 8 heteroatoms. The van der Waals surface area contributed by atoms with Crippen LogP contribution >= 0.6 is 0 Å². The number of ether oxygens (including phenoxy) is 2. The molecular weight excluding hydrogens is 346 g/mol. The molecule has 1 aromatic heterocycles. The second kappa shape index (κ2) is 8.38. The van der Waals surface area contributed by atoms with Crippen LogP contribution in [0.25, 0.3) is 0 Å². The number of nitrogens with two attached hydrogens (primary N) is 1. The average Bonchev–Trinajstić information content (AvgIpc) is 2.72. The molecule has 1 aliphatic heterocycles. The topological polar surface area (TPSA) is 114 Å². The quantitative estimate of drug-likeness (QED) is 0.819. The van der Waals surface area contributed by atoms with Gasteiger partial charge in [0.1, 0.15) is 17.3 Å². The molecule has 1 aliphatic rings. The summed E-state index contributed by atoms with van der Waals surface area (Å²) in [5, 5.41) is 11.9. The van der Waals surface area contributed by atoms with Crippen molar-refractivity contribution in [1.29, 1.82) is 5.26 Å². The van der Waals surface area contributed by atoms with Crippen LogP contribution < -0.4 is 20.7 Å². The molecule has 0 radical (unpaired) electrons. The molecule has 3 N–H and O–H groups in total. The van der Waals surface area contributed by atoms with Crippen molar-refractivity contribution in [2.45, 2.75) is 6.54 Å². The minimum atomic E-state index is -0.387. The summed E-state index contributed by atoms with van der Waals surface area (Å²) < 4.78 is 10.4. The number of methoxy groups -OCH3 is 1. The number of nitrogens with one attached hydrogen (secondary N) is 1. The van der Waals surface area contributed by atoms with Crippen LogP contribution in [0, 0.1) is 11.3 Å². The van der Waals surface area contributed by atoms with E-state index in [4.69, 9.17) is 20.5 Å². The van der Waals surface area contributed by atoms with Gasteiger partial charge < -0.3 is 25.4 Å². The number of hydrogen-bond donors (Lipinski definition) is 2. The molecule has 0 atom stereocenters. The summed E-state index contributed by atoms with van der Waals surface area (Å²) in [5.74, 6) is -0.348. The Morgan fingerprint density at radius 3 is 2.70 bits per heavy atom. The first kappa shape index (κ1) is 18.5. The van der Waals surface area contributed by atoms with Gasteiger partial charge in [0.2, 0.25) is 5.88 Å². The van der Waals surface area contributed by atoms with Crippen molar-refractivity contribution in [3.05, 3.63) is 47.2 Å². The molecule has 0 unspecified atom stereocenters. The molecule has 2 aromatic rings. The Hall–Kier alpha value is -3.31. The molecular formula is C19H21N5O3. The first-order chi connectivity index (χ1) is 13.1. The minimum Gasteiger partial charge on any atom is -0.480 e. The highest BCUT2D eigenvalue weighted by molar-refractivity contribution is 5.93. The molecule has 0 spiro atoms. The monoisotopic (exact) mass is 367 g/mol.